The van der Waals surface area contributed by atoms with Crippen LogP contribution in [-0.4, -0.2) is 39.9 Å². The van der Waals surface area contributed by atoms with E-state index in [-0.39, 0.29) is 0 Å². The van der Waals surface area contributed by atoms with Crippen LogP contribution in [0.1, 0.15) is 0 Å². The Morgan fingerprint density at radius 3 is 1.04 bits per heavy atom. The van der Waals surface area contributed by atoms with Gasteiger partial charge >= 0.3 is 0 Å². The summed E-state index contributed by atoms with van der Waals surface area (Å²) in [5.41, 5.74) is 20.6. The molecule has 13 heteroatoms. The molecule has 0 spiro atoms. The van der Waals surface area contributed by atoms with E-state index in [1.54, 1.807) is 11.3 Å². The topological polar surface area (TPSA) is 143 Å². The Morgan fingerprint density at radius 1 is 0.179 bits per heavy atom. The number of rotatable bonds is 10. The maximum Gasteiger partial charge on any atom is 0.164 e. The maximum atomic E-state index is 6.78. The fourth-order valence-electron chi connectivity index (χ4n) is 18.0. The van der Waals surface area contributed by atoms with Crippen LogP contribution in [0.3, 0.4) is 0 Å². The average Bonchev–Trinajstić information content (AvgIpc) is 1.63. The first-order chi connectivity index (χ1) is 60.9. The van der Waals surface area contributed by atoms with Crippen LogP contribution >= 0.6 is 22.7 Å². The quantitative estimate of drug-likeness (QED) is 0.121. The summed E-state index contributed by atoms with van der Waals surface area (Å²) < 4.78 is 24.4. The lowest BCUT2D eigenvalue weighted by Crippen LogP contribution is -2.00. The van der Waals surface area contributed by atoms with Crippen LogP contribution in [-0.2, 0) is 0 Å². The zero-order valence-electron chi connectivity index (χ0n) is 65.4. The Morgan fingerprint density at radius 2 is 0.520 bits per heavy atom. The molecule has 0 N–H and O–H groups in total. The van der Waals surface area contributed by atoms with Crippen molar-refractivity contribution >= 4 is 172 Å². The van der Waals surface area contributed by atoms with Crippen LogP contribution < -0.4 is 0 Å². The van der Waals surface area contributed by atoms with Crippen molar-refractivity contribution in [1.29, 1.82) is 0 Å². The van der Waals surface area contributed by atoms with Crippen LogP contribution in [0, 0.1) is 0 Å². The molecule has 0 bridgehead atoms. The number of pyridine rings is 2. The van der Waals surface area contributed by atoms with E-state index in [0.29, 0.717) is 34.9 Å². The zero-order valence-corrected chi connectivity index (χ0v) is 67.0. The van der Waals surface area contributed by atoms with Crippen LogP contribution in [0.2, 0.25) is 0 Å². The normalized spacial score (nSPS) is 11.9. The van der Waals surface area contributed by atoms with Gasteiger partial charge < -0.3 is 13.3 Å². The van der Waals surface area contributed by atoms with E-state index in [0.717, 1.165) is 182 Å². The fourth-order valence-corrected chi connectivity index (χ4v) is 20.4. The number of fused-ring (bicyclic) bond motifs is 23. The van der Waals surface area contributed by atoms with Gasteiger partial charge in [0.25, 0.3) is 0 Å². The van der Waals surface area contributed by atoms with Gasteiger partial charge in [-0.05, 0) is 96.1 Å². The minimum Gasteiger partial charge on any atom is -0.456 e. The highest BCUT2D eigenvalue weighted by atomic mass is 32.1. The fraction of sp³-hybridized carbons (Fsp3) is 0. The first-order valence-corrected chi connectivity index (χ1v) is 42.5. The molecule has 17 aromatic carbocycles. The van der Waals surface area contributed by atoms with Crippen molar-refractivity contribution in [3.63, 3.8) is 0 Å². The van der Waals surface area contributed by atoms with Gasteiger partial charge in [-0.25, -0.2) is 39.9 Å². The summed E-state index contributed by atoms with van der Waals surface area (Å²) in [6.07, 6.45) is 0. The van der Waals surface area contributed by atoms with Gasteiger partial charge in [-0.1, -0.05) is 291 Å². The molecule has 11 nitrogen and oxygen atoms in total. The van der Waals surface area contributed by atoms with Crippen molar-refractivity contribution in [3.8, 4) is 113 Å². The third kappa shape index (κ3) is 11.8. The molecule has 9 heterocycles. The molecule has 0 fully saturated rings. The van der Waals surface area contributed by atoms with Crippen molar-refractivity contribution in [2.45, 2.75) is 0 Å². The van der Waals surface area contributed by atoms with Gasteiger partial charge in [0.2, 0.25) is 0 Å². The molecular weight excluding hydrogens is 1550 g/mol. The van der Waals surface area contributed by atoms with Crippen LogP contribution in [0.25, 0.3) is 263 Å². The molecule has 572 valence electrons. The summed E-state index contributed by atoms with van der Waals surface area (Å²) in [5, 5.41) is 18.3. The van der Waals surface area contributed by atoms with E-state index in [1.165, 1.54) is 45.7 Å². The minimum absolute atomic E-state index is 0.552. The van der Waals surface area contributed by atoms with Gasteiger partial charge in [0.1, 0.15) is 33.5 Å². The van der Waals surface area contributed by atoms with Crippen molar-refractivity contribution in [3.05, 3.63) is 376 Å². The van der Waals surface area contributed by atoms with Gasteiger partial charge in [-0.3, -0.25) is 0 Å². The number of para-hydroxylation sites is 5. The molecule has 0 atom stereocenters. The summed E-state index contributed by atoms with van der Waals surface area (Å²) >= 11 is 3.63. The number of thiophene rings is 2. The third-order valence-electron chi connectivity index (χ3n) is 23.8. The Kier molecular flexibility index (Phi) is 16.1. The second-order valence-corrected chi connectivity index (χ2v) is 33.2. The molecule has 123 heavy (non-hydrogen) atoms. The summed E-state index contributed by atoms with van der Waals surface area (Å²) in [6.45, 7) is 0. The third-order valence-corrected chi connectivity index (χ3v) is 26.2. The predicted molar refractivity (Wildman–Crippen MR) is 507 cm³/mol. The first-order valence-electron chi connectivity index (χ1n) is 40.9. The number of hydrogen-bond donors (Lipinski definition) is 0. The van der Waals surface area contributed by atoms with Crippen molar-refractivity contribution < 1.29 is 13.3 Å². The van der Waals surface area contributed by atoms with Gasteiger partial charge in [-0.15, -0.1) is 22.7 Å². The van der Waals surface area contributed by atoms with E-state index in [2.05, 4.69) is 285 Å². The zero-order chi connectivity index (χ0) is 80.7. The number of hydrogen-bond acceptors (Lipinski definition) is 13. The average molecular weight is 1610 g/mol. The van der Waals surface area contributed by atoms with Crippen molar-refractivity contribution in [2.24, 2.45) is 0 Å². The molecule has 26 aromatic rings. The summed E-state index contributed by atoms with van der Waals surface area (Å²) in [4.78, 5) is 41.2. The lowest BCUT2D eigenvalue weighted by Gasteiger charge is -2.15. The lowest BCUT2D eigenvalue weighted by molar-refractivity contribution is 0.668. The number of furan rings is 3. The Hall–Kier alpha value is -16.1. The van der Waals surface area contributed by atoms with Gasteiger partial charge in [0.05, 0.1) is 22.4 Å². The van der Waals surface area contributed by atoms with Gasteiger partial charge in [0.15, 0.2) is 34.9 Å². The van der Waals surface area contributed by atoms with Gasteiger partial charge in [0, 0.05) is 161 Å². The molecule has 0 amide bonds. The summed E-state index contributed by atoms with van der Waals surface area (Å²) in [6, 6.07) is 131. The smallest absolute Gasteiger partial charge is 0.164 e. The lowest BCUT2D eigenvalue weighted by atomic mass is 9.91. The number of benzene rings is 17. The second kappa shape index (κ2) is 28.3. The molecule has 0 aliphatic rings. The standard InChI is InChI=1S/C58H32N4O2S.C52H30N4OS/c1-2-12-34(13-3-1)54-45-32-44(55-53(43-17-7-11-21-51(43)65-55)52(45)42-16-4-8-18-46(42)59-54)33-22-24-35(25-23-33)56-60-57(36-26-28-40-38-14-5-9-19-47(38)63-49(40)30-36)62-58(61-56)37-27-29-41-39-15-6-10-20-48(39)64-50(41)31-37;1-3-13-32(14-4-1)48-41-30-40(49-47(39-19-8-11-21-43(39)57-49)46(41)38-18-7-10-20-42(38)53-48)31-23-25-34(26-24-31)51-54-50(33-15-5-2-6-16-33)55-52(56-51)35-27-28-37-36-17-9-12-22-44(36)58-45(37)29-35/h1-32H;1-30H. The minimum atomic E-state index is 0.552. The van der Waals surface area contributed by atoms with E-state index in [1.807, 2.05) is 102 Å². The van der Waals surface area contributed by atoms with Crippen LogP contribution in [0.5, 0.6) is 0 Å². The molecule has 0 saturated heterocycles. The van der Waals surface area contributed by atoms with Crippen molar-refractivity contribution in [1.82, 2.24) is 39.9 Å². The van der Waals surface area contributed by atoms with Crippen molar-refractivity contribution in [2.75, 3.05) is 0 Å². The highest BCUT2D eigenvalue weighted by Gasteiger charge is 2.26. The summed E-state index contributed by atoms with van der Waals surface area (Å²) in [5.74, 6) is 3.55. The highest BCUT2D eigenvalue weighted by molar-refractivity contribution is 7.26. The Labute approximate surface area is 709 Å². The molecule has 26 rings (SSSR count). The largest absolute Gasteiger partial charge is 0.456 e. The molecular formula is C110H62N8O3S2. The first kappa shape index (κ1) is 70.0. The van der Waals surface area contributed by atoms with E-state index < -0.39 is 0 Å². The van der Waals surface area contributed by atoms with E-state index in [4.69, 9.17) is 53.1 Å². The highest BCUT2D eigenvalue weighted by Crippen LogP contribution is 2.51. The molecule has 0 saturated carbocycles. The molecule has 9 aromatic heterocycles. The number of aromatic nitrogens is 8. The summed E-state index contributed by atoms with van der Waals surface area (Å²) in [7, 11) is 0. The van der Waals surface area contributed by atoms with Gasteiger partial charge in [-0.2, -0.15) is 0 Å². The second-order valence-electron chi connectivity index (χ2n) is 31.0. The molecule has 0 aliphatic carbocycles. The molecule has 0 aliphatic heterocycles. The van der Waals surface area contributed by atoms with E-state index in [9.17, 15) is 0 Å². The predicted octanol–water partition coefficient (Wildman–Crippen LogP) is 30.3. The molecule has 0 radical (unpaired) electrons. The SMILES string of the molecule is c1ccc(-c2nc(-c3ccc(-c4cc5c(-c6ccccc6)nc6ccccc6c5c5c4oc4ccccc45)cc3)nc(-c3ccc4c(c3)sc3ccccc34)n2)cc1.c1ccc(-c2nc3ccccc3c3c2cc(-c2ccc(-c4nc(-c5ccc6c(c5)oc5ccccc56)nc(-c5ccc6c(c5)oc5ccccc56)n4)cc2)c2sc4ccccc4c23)cc1. The van der Waals surface area contributed by atoms with Crippen LogP contribution in [0.15, 0.2) is 389 Å². The Bertz CT molecular complexity index is 8690. The monoisotopic (exact) mass is 1610 g/mol. The number of nitrogens with zero attached hydrogens (tertiary/aromatic N) is 8. The Balaban J connectivity index is 0.000000136. The van der Waals surface area contributed by atoms with E-state index >= 15 is 0 Å². The maximum absolute atomic E-state index is 6.78. The molecule has 0 unspecified atom stereocenters. The van der Waals surface area contributed by atoms with Crippen LogP contribution in [0.4, 0.5) is 0 Å².